The topological polar surface area (TPSA) is 133 Å². The molecule has 2 heterocycles. The summed E-state index contributed by atoms with van der Waals surface area (Å²) in [6.07, 6.45) is 3.92. The van der Waals surface area contributed by atoms with Crippen molar-refractivity contribution in [3.63, 3.8) is 0 Å². The molecular formula is C19H31N5O5S2. The van der Waals surface area contributed by atoms with E-state index >= 15 is 0 Å². The van der Waals surface area contributed by atoms with Crippen LogP contribution in [0.3, 0.4) is 0 Å². The minimum Gasteiger partial charge on any atom is -0.325 e. The number of aryl methyl sites for hydroxylation is 1. The number of anilines is 1. The summed E-state index contributed by atoms with van der Waals surface area (Å²) in [6, 6.07) is 4.55. The lowest BCUT2D eigenvalue weighted by molar-refractivity contribution is -0.117. The molecule has 12 heteroatoms. The third-order valence-electron chi connectivity index (χ3n) is 5.69. The highest BCUT2D eigenvalue weighted by atomic mass is 32.2. The molecule has 2 aliphatic heterocycles. The number of amides is 1. The number of piperazine rings is 1. The van der Waals surface area contributed by atoms with Gasteiger partial charge in [0, 0.05) is 45.0 Å². The molecule has 2 aliphatic rings. The number of rotatable bonds is 6. The van der Waals surface area contributed by atoms with Gasteiger partial charge in [0.25, 0.3) is 10.2 Å². The average Bonchev–Trinajstić information content (AvgIpc) is 2.99. The molecule has 1 aromatic carbocycles. The summed E-state index contributed by atoms with van der Waals surface area (Å²) in [4.78, 5) is 14.3. The monoisotopic (exact) mass is 473 g/mol. The predicted molar refractivity (Wildman–Crippen MR) is 118 cm³/mol. The van der Waals surface area contributed by atoms with E-state index in [0.717, 1.165) is 25.7 Å². The number of hydrogen-bond acceptors (Lipinski definition) is 6. The Labute approximate surface area is 184 Å². The Balaban J connectivity index is 1.53. The number of nitrogens with two attached hydrogens (primary N) is 1. The van der Waals surface area contributed by atoms with Crippen molar-refractivity contribution >= 4 is 31.8 Å². The molecule has 0 unspecified atom stereocenters. The summed E-state index contributed by atoms with van der Waals surface area (Å²) in [6.45, 7) is 4.46. The van der Waals surface area contributed by atoms with Crippen LogP contribution < -0.4 is 10.5 Å². The van der Waals surface area contributed by atoms with Gasteiger partial charge in [-0.05, 0) is 37.5 Å². The molecule has 0 radical (unpaired) electrons. The SMILES string of the molecule is Cc1ccc(NC(=O)CN2CCN(S(=O)(=O)N3CCCCCC3)CC2)cc1S(N)(=O)=O. The van der Waals surface area contributed by atoms with E-state index in [0.29, 0.717) is 50.5 Å². The number of nitrogens with one attached hydrogen (secondary N) is 1. The lowest BCUT2D eigenvalue weighted by Gasteiger charge is -2.36. The maximum atomic E-state index is 12.9. The lowest BCUT2D eigenvalue weighted by Crippen LogP contribution is -2.54. The van der Waals surface area contributed by atoms with Gasteiger partial charge in [0.15, 0.2) is 0 Å². The summed E-state index contributed by atoms with van der Waals surface area (Å²) in [7, 11) is -7.34. The first-order chi connectivity index (χ1) is 14.6. The summed E-state index contributed by atoms with van der Waals surface area (Å²) in [5.74, 6) is -0.298. The molecule has 0 saturated carbocycles. The smallest absolute Gasteiger partial charge is 0.282 e. The summed E-state index contributed by atoms with van der Waals surface area (Å²) in [5.41, 5.74) is 0.851. The molecule has 0 bridgehead atoms. The zero-order valence-electron chi connectivity index (χ0n) is 17.8. The quantitative estimate of drug-likeness (QED) is 0.611. The van der Waals surface area contributed by atoms with Crippen LogP contribution in [-0.2, 0) is 25.0 Å². The van der Waals surface area contributed by atoms with Gasteiger partial charge in [0.05, 0.1) is 11.4 Å². The van der Waals surface area contributed by atoms with Gasteiger partial charge in [-0.2, -0.15) is 17.0 Å². The second-order valence-corrected chi connectivity index (χ2v) is 11.5. The molecule has 3 N–H and O–H groups in total. The zero-order chi connectivity index (χ0) is 22.6. The number of carbonyl (C=O) groups is 1. The lowest BCUT2D eigenvalue weighted by atomic mass is 10.2. The van der Waals surface area contributed by atoms with E-state index in [1.165, 1.54) is 10.4 Å². The van der Waals surface area contributed by atoms with Gasteiger partial charge in [-0.15, -0.1) is 0 Å². The van der Waals surface area contributed by atoms with Gasteiger partial charge in [-0.25, -0.2) is 13.6 Å². The Kier molecular flexibility index (Phi) is 7.71. The summed E-state index contributed by atoms with van der Waals surface area (Å²) in [5, 5.41) is 7.90. The maximum absolute atomic E-state index is 12.9. The number of primary sulfonamides is 1. The van der Waals surface area contributed by atoms with Crippen molar-refractivity contribution < 1.29 is 21.6 Å². The van der Waals surface area contributed by atoms with E-state index in [1.54, 1.807) is 23.4 Å². The van der Waals surface area contributed by atoms with Crippen LogP contribution in [0.1, 0.15) is 31.2 Å². The van der Waals surface area contributed by atoms with Gasteiger partial charge in [0.1, 0.15) is 0 Å². The number of sulfonamides is 1. The minimum atomic E-state index is -3.88. The number of nitrogens with zero attached hydrogens (tertiary/aromatic N) is 3. The van der Waals surface area contributed by atoms with Gasteiger partial charge in [-0.1, -0.05) is 18.9 Å². The predicted octanol–water partition coefficient (Wildman–Crippen LogP) is 0.319. The molecular weight excluding hydrogens is 442 g/mol. The number of benzene rings is 1. The third kappa shape index (κ3) is 6.24. The summed E-state index contributed by atoms with van der Waals surface area (Å²) < 4.78 is 52.2. The standard InChI is InChI=1S/C19H31N5O5S2/c1-16-6-7-17(14-18(16)30(20,26)27)21-19(25)15-22-10-12-24(13-11-22)31(28,29)23-8-4-2-3-5-9-23/h6-7,14H,2-5,8-13,15H2,1H3,(H,21,25)(H2,20,26,27). The number of carbonyl (C=O) groups excluding carboxylic acids is 1. The molecule has 1 amide bonds. The second kappa shape index (κ2) is 9.92. The fourth-order valence-electron chi connectivity index (χ4n) is 3.94. The normalized spacial score (nSPS) is 20.3. The van der Waals surface area contributed by atoms with E-state index in [2.05, 4.69) is 5.32 Å². The van der Waals surface area contributed by atoms with Crippen LogP contribution >= 0.6 is 0 Å². The van der Waals surface area contributed by atoms with Crippen molar-refractivity contribution in [1.82, 2.24) is 13.5 Å². The van der Waals surface area contributed by atoms with Gasteiger partial charge in [-0.3, -0.25) is 9.69 Å². The first-order valence-electron chi connectivity index (χ1n) is 10.5. The fourth-order valence-corrected chi connectivity index (χ4v) is 6.42. The molecule has 1 aromatic rings. The van der Waals surface area contributed by atoms with E-state index in [-0.39, 0.29) is 17.3 Å². The summed E-state index contributed by atoms with van der Waals surface area (Å²) >= 11 is 0. The van der Waals surface area contributed by atoms with Gasteiger partial charge in [0.2, 0.25) is 15.9 Å². The van der Waals surface area contributed by atoms with E-state index in [4.69, 9.17) is 5.14 Å². The Morgan fingerprint density at radius 3 is 2.10 bits per heavy atom. The molecule has 0 atom stereocenters. The van der Waals surface area contributed by atoms with Crippen molar-refractivity contribution in [2.24, 2.45) is 5.14 Å². The van der Waals surface area contributed by atoms with E-state index in [1.807, 2.05) is 4.90 Å². The van der Waals surface area contributed by atoms with Crippen LogP contribution in [-0.4, -0.2) is 82.1 Å². The van der Waals surface area contributed by atoms with Crippen molar-refractivity contribution in [3.8, 4) is 0 Å². The first kappa shape index (κ1) is 24.1. The van der Waals surface area contributed by atoms with Crippen molar-refractivity contribution in [3.05, 3.63) is 23.8 Å². The Morgan fingerprint density at radius 1 is 0.935 bits per heavy atom. The Bertz CT molecular complexity index is 997. The molecule has 10 nitrogen and oxygen atoms in total. The van der Waals surface area contributed by atoms with Crippen LogP contribution in [0.5, 0.6) is 0 Å². The molecule has 2 fully saturated rings. The van der Waals surface area contributed by atoms with Crippen LogP contribution in [0.4, 0.5) is 5.69 Å². The van der Waals surface area contributed by atoms with Gasteiger partial charge < -0.3 is 5.32 Å². The van der Waals surface area contributed by atoms with Crippen LogP contribution in [0.15, 0.2) is 23.1 Å². The maximum Gasteiger partial charge on any atom is 0.282 e. The van der Waals surface area contributed by atoms with Crippen LogP contribution in [0.2, 0.25) is 0 Å². The minimum absolute atomic E-state index is 0.0300. The second-order valence-electron chi connectivity index (χ2n) is 8.07. The van der Waals surface area contributed by atoms with Crippen molar-refractivity contribution in [2.75, 3.05) is 51.1 Å². The van der Waals surface area contributed by atoms with Crippen molar-refractivity contribution in [2.45, 2.75) is 37.5 Å². The third-order valence-corrected chi connectivity index (χ3v) is 8.78. The zero-order valence-corrected chi connectivity index (χ0v) is 19.4. The molecule has 0 aromatic heterocycles. The fraction of sp³-hybridized carbons (Fsp3) is 0.632. The molecule has 174 valence electrons. The molecule has 0 aliphatic carbocycles. The molecule has 31 heavy (non-hydrogen) atoms. The molecule has 3 rings (SSSR count). The van der Waals surface area contributed by atoms with E-state index in [9.17, 15) is 21.6 Å². The highest BCUT2D eigenvalue weighted by Gasteiger charge is 2.32. The van der Waals surface area contributed by atoms with Gasteiger partial charge >= 0.3 is 0 Å². The highest BCUT2D eigenvalue weighted by Crippen LogP contribution is 2.20. The first-order valence-corrected chi connectivity index (χ1v) is 13.4. The average molecular weight is 474 g/mol. The largest absolute Gasteiger partial charge is 0.325 e. The number of hydrogen-bond donors (Lipinski definition) is 2. The Hall–Kier alpha value is -1.57. The molecule has 2 saturated heterocycles. The van der Waals surface area contributed by atoms with E-state index < -0.39 is 20.2 Å². The molecule has 0 spiro atoms. The highest BCUT2D eigenvalue weighted by molar-refractivity contribution is 7.89. The van der Waals surface area contributed by atoms with Crippen LogP contribution in [0.25, 0.3) is 0 Å². The van der Waals surface area contributed by atoms with Crippen molar-refractivity contribution in [1.29, 1.82) is 0 Å². The Morgan fingerprint density at radius 2 is 1.52 bits per heavy atom. The van der Waals surface area contributed by atoms with Crippen LogP contribution in [0, 0.1) is 6.92 Å².